The summed E-state index contributed by atoms with van der Waals surface area (Å²) in [4.78, 5) is 26.9. The number of rotatable bonds is 11. The van der Waals surface area contributed by atoms with Crippen molar-refractivity contribution in [2.45, 2.75) is 13.1 Å². The van der Waals surface area contributed by atoms with E-state index in [-0.39, 0.29) is 36.9 Å². The maximum atomic E-state index is 13.1. The van der Waals surface area contributed by atoms with Crippen LogP contribution in [0.2, 0.25) is 0 Å². The van der Waals surface area contributed by atoms with Crippen molar-refractivity contribution >= 4 is 11.7 Å². The lowest BCUT2D eigenvalue weighted by Gasteiger charge is -2.22. The minimum absolute atomic E-state index is 0.0372. The molecule has 3 aromatic rings. The molecule has 3 rings (SSSR count). The van der Waals surface area contributed by atoms with E-state index in [1.54, 1.807) is 12.1 Å². The van der Waals surface area contributed by atoms with Gasteiger partial charge in [0.25, 0.3) is 5.91 Å². The van der Waals surface area contributed by atoms with E-state index in [1.807, 2.05) is 60.7 Å². The number of amides is 1. The molecule has 0 aliphatic heterocycles. The van der Waals surface area contributed by atoms with Crippen molar-refractivity contribution in [3.05, 3.63) is 101 Å². The third kappa shape index (κ3) is 6.50. The zero-order chi connectivity index (χ0) is 22.1. The van der Waals surface area contributed by atoms with Gasteiger partial charge in [0.15, 0.2) is 5.78 Å². The van der Waals surface area contributed by atoms with Crippen LogP contribution in [0.1, 0.15) is 31.8 Å². The van der Waals surface area contributed by atoms with Gasteiger partial charge >= 0.3 is 0 Å². The fourth-order valence-corrected chi connectivity index (χ4v) is 3.32. The van der Waals surface area contributed by atoms with E-state index in [1.165, 1.54) is 6.07 Å². The number of carbonyl (C=O) groups is 2. The minimum Gasteiger partial charge on any atom is -0.490 e. The van der Waals surface area contributed by atoms with Crippen LogP contribution in [0.25, 0.3) is 0 Å². The molecule has 0 aromatic heterocycles. The first-order valence-electron chi connectivity index (χ1n) is 10.1. The van der Waals surface area contributed by atoms with Gasteiger partial charge in [-0.15, -0.1) is 0 Å². The number of Topliss-reactive ketones (excluding diaryl/α,β-unsaturated/α-hetero) is 1. The van der Waals surface area contributed by atoms with Gasteiger partial charge in [-0.1, -0.05) is 60.7 Å². The van der Waals surface area contributed by atoms with Gasteiger partial charge in [0, 0.05) is 18.7 Å². The summed E-state index contributed by atoms with van der Waals surface area (Å²) >= 11 is 0. The summed E-state index contributed by atoms with van der Waals surface area (Å²) in [5, 5.41) is 8.94. The largest absolute Gasteiger partial charge is 0.490 e. The monoisotopic (exact) mass is 418 g/mol. The number of primary amides is 1. The Hall–Kier alpha value is -3.48. The highest BCUT2D eigenvalue weighted by Gasteiger charge is 2.17. The van der Waals surface area contributed by atoms with Gasteiger partial charge in [-0.05, 0) is 29.3 Å². The molecule has 0 bridgehead atoms. The first kappa shape index (κ1) is 22.2. The van der Waals surface area contributed by atoms with Crippen molar-refractivity contribution < 1.29 is 19.4 Å². The molecule has 6 nitrogen and oxygen atoms in total. The first-order chi connectivity index (χ1) is 15.1. The molecule has 1 amide bonds. The molecule has 0 saturated heterocycles. The Bertz CT molecular complexity index is 965. The topological polar surface area (TPSA) is 92.9 Å². The zero-order valence-electron chi connectivity index (χ0n) is 17.2. The van der Waals surface area contributed by atoms with Gasteiger partial charge < -0.3 is 15.6 Å². The molecule has 31 heavy (non-hydrogen) atoms. The van der Waals surface area contributed by atoms with Crippen molar-refractivity contribution in [1.29, 1.82) is 0 Å². The molecule has 160 valence electrons. The molecule has 3 aromatic carbocycles. The number of hydrogen-bond acceptors (Lipinski definition) is 5. The van der Waals surface area contributed by atoms with Gasteiger partial charge in [0.1, 0.15) is 12.4 Å². The molecule has 0 saturated carbocycles. The van der Waals surface area contributed by atoms with Crippen molar-refractivity contribution in [2.24, 2.45) is 5.73 Å². The third-order valence-corrected chi connectivity index (χ3v) is 4.78. The molecule has 0 heterocycles. The number of hydrogen-bond donors (Lipinski definition) is 2. The summed E-state index contributed by atoms with van der Waals surface area (Å²) in [5.41, 5.74) is 8.18. The predicted molar refractivity (Wildman–Crippen MR) is 119 cm³/mol. The van der Waals surface area contributed by atoms with Crippen molar-refractivity contribution in [2.75, 3.05) is 19.8 Å². The summed E-state index contributed by atoms with van der Waals surface area (Å²) in [7, 11) is 0. The molecule has 6 heteroatoms. The number of benzene rings is 3. The maximum Gasteiger partial charge on any atom is 0.252 e. The molecular formula is C25H26N2O4. The van der Waals surface area contributed by atoms with Gasteiger partial charge in [-0.25, -0.2) is 0 Å². The third-order valence-electron chi connectivity index (χ3n) is 4.78. The lowest BCUT2D eigenvalue weighted by molar-refractivity contribution is 0.0920. The van der Waals surface area contributed by atoms with Crippen molar-refractivity contribution in [1.82, 2.24) is 4.90 Å². The molecule has 0 aliphatic rings. The predicted octanol–water partition coefficient (Wildman–Crippen LogP) is 3.04. The average Bonchev–Trinajstić information content (AvgIpc) is 2.78. The Morgan fingerprint density at radius 2 is 1.45 bits per heavy atom. The van der Waals surface area contributed by atoms with Crippen LogP contribution in [0.15, 0.2) is 78.9 Å². The lowest BCUT2D eigenvalue weighted by Crippen LogP contribution is -2.29. The molecule has 0 spiro atoms. The van der Waals surface area contributed by atoms with Gasteiger partial charge in [0.2, 0.25) is 0 Å². The van der Waals surface area contributed by atoms with Crippen LogP contribution < -0.4 is 10.5 Å². The SMILES string of the molecule is NC(=O)c1cc(C(=O)CN(Cc2ccccc2)Cc2ccccc2)ccc1OCCO. The number of nitrogens with zero attached hydrogens (tertiary/aromatic N) is 1. The molecule has 0 atom stereocenters. The van der Waals surface area contributed by atoms with E-state index >= 15 is 0 Å². The standard InChI is InChI=1S/C25H26N2O4/c26-25(30)22-15-21(11-12-24(22)31-14-13-28)23(29)18-27(16-19-7-3-1-4-8-19)17-20-9-5-2-6-10-20/h1-12,15,28H,13-14,16-18H2,(H2,26,30). The Balaban J connectivity index is 1.80. The van der Waals surface area contributed by atoms with Crippen LogP contribution in [-0.2, 0) is 13.1 Å². The number of ether oxygens (including phenoxy) is 1. The normalized spacial score (nSPS) is 10.8. The highest BCUT2D eigenvalue weighted by molar-refractivity contribution is 6.02. The quantitative estimate of drug-likeness (QED) is 0.467. The van der Waals surface area contributed by atoms with E-state index in [4.69, 9.17) is 15.6 Å². The summed E-state index contributed by atoms with van der Waals surface area (Å²) in [6, 6.07) is 24.6. The maximum absolute atomic E-state index is 13.1. The number of aliphatic hydroxyl groups is 1. The second kappa shape index (κ2) is 11.1. The van der Waals surface area contributed by atoms with Crippen LogP contribution in [0.4, 0.5) is 0 Å². The zero-order valence-corrected chi connectivity index (χ0v) is 17.2. The summed E-state index contributed by atoms with van der Waals surface area (Å²) in [6.45, 7) is 1.25. The minimum atomic E-state index is -0.687. The number of carbonyl (C=O) groups excluding carboxylic acids is 2. The summed E-state index contributed by atoms with van der Waals surface area (Å²) in [5.74, 6) is -0.556. The Labute approximate surface area is 181 Å². The van der Waals surface area contributed by atoms with Gasteiger partial charge in [-0.3, -0.25) is 14.5 Å². The second-order valence-corrected chi connectivity index (χ2v) is 7.19. The fraction of sp³-hybridized carbons (Fsp3) is 0.200. The van der Waals surface area contributed by atoms with Crippen molar-refractivity contribution in [3.8, 4) is 5.75 Å². The van der Waals surface area contributed by atoms with E-state index in [0.29, 0.717) is 18.7 Å². The van der Waals surface area contributed by atoms with Gasteiger partial charge in [-0.2, -0.15) is 0 Å². The lowest BCUT2D eigenvalue weighted by atomic mass is 10.0. The molecule has 0 radical (unpaired) electrons. The number of aliphatic hydroxyl groups excluding tert-OH is 1. The van der Waals surface area contributed by atoms with Crippen LogP contribution in [-0.4, -0.2) is 41.5 Å². The van der Waals surface area contributed by atoms with E-state index in [2.05, 4.69) is 4.90 Å². The Kier molecular flexibility index (Phi) is 7.92. The van der Waals surface area contributed by atoms with Crippen LogP contribution in [0, 0.1) is 0 Å². The van der Waals surface area contributed by atoms with Crippen molar-refractivity contribution in [3.63, 3.8) is 0 Å². The Morgan fingerprint density at radius 1 is 0.871 bits per heavy atom. The van der Waals surface area contributed by atoms with E-state index in [0.717, 1.165) is 11.1 Å². The molecular weight excluding hydrogens is 392 g/mol. The molecule has 0 unspecified atom stereocenters. The second-order valence-electron chi connectivity index (χ2n) is 7.19. The van der Waals surface area contributed by atoms with E-state index < -0.39 is 5.91 Å². The molecule has 0 aliphatic carbocycles. The fourth-order valence-electron chi connectivity index (χ4n) is 3.32. The first-order valence-corrected chi connectivity index (χ1v) is 10.1. The highest BCUT2D eigenvalue weighted by atomic mass is 16.5. The van der Waals surface area contributed by atoms with Crippen LogP contribution >= 0.6 is 0 Å². The highest BCUT2D eigenvalue weighted by Crippen LogP contribution is 2.21. The van der Waals surface area contributed by atoms with Gasteiger partial charge in [0.05, 0.1) is 18.7 Å². The average molecular weight is 418 g/mol. The smallest absolute Gasteiger partial charge is 0.252 e. The van der Waals surface area contributed by atoms with Crippen LogP contribution in [0.5, 0.6) is 5.75 Å². The Morgan fingerprint density at radius 3 is 1.97 bits per heavy atom. The van der Waals surface area contributed by atoms with Crippen LogP contribution in [0.3, 0.4) is 0 Å². The summed E-state index contributed by atoms with van der Waals surface area (Å²) < 4.78 is 5.35. The number of ketones is 1. The summed E-state index contributed by atoms with van der Waals surface area (Å²) in [6.07, 6.45) is 0. The molecule has 3 N–H and O–H groups in total. The van der Waals surface area contributed by atoms with E-state index in [9.17, 15) is 9.59 Å². The molecule has 0 fully saturated rings. The number of nitrogens with two attached hydrogens (primary N) is 1.